The first-order chi connectivity index (χ1) is 11.1. The van der Waals surface area contributed by atoms with Crippen molar-refractivity contribution in [3.63, 3.8) is 0 Å². The van der Waals surface area contributed by atoms with E-state index in [1.165, 1.54) is 33.7 Å². The molecule has 0 aliphatic heterocycles. The van der Waals surface area contributed by atoms with Crippen LogP contribution in [0.2, 0.25) is 0 Å². The molecule has 0 aromatic carbocycles. The maximum absolute atomic E-state index is 12.1. The summed E-state index contributed by atoms with van der Waals surface area (Å²) in [5, 5.41) is 12.2. The third-order valence-electron chi connectivity index (χ3n) is 3.16. The zero-order valence-corrected chi connectivity index (χ0v) is 14.4. The number of H-pyrrole nitrogens is 1. The smallest absolute Gasteiger partial charge is 0.270 e. The lowest BCUT2D eigenvalue weighted by atomic mass is 10.4. The monoisotopic (exact) mass is 352 g/mol. The molecule has 3 rings (SSSR count). The maximum Gasteiger partial charge on any atom is 0.343 e. The number of nitrogens with zero attached hydrogens (tertiary/aromatic N) is 5. The van der Waals surface area contributed by atoms with Crippen LogP contribution < -0.4 is 11.2 Å². The molecular weight excluding hydrogens is 336 g/mol. The van der Waals surface area contributed by atoms with Crippen molar-refractivity contribution in [1.82, 2.24) is 29.4 Å². The number of thioether (sulfide) groups is 1. The predicted octanol–water partition coefficient (Wildman–Crippen LogP) is 1.30. The molecule has 0 spiro atoms. The van der Waals surface area contributed by atoms with E-state index in [4.69, 9.17) is 0 Å². The zero-order chi connectivity index (χ0) is 16.4. The highest BCUT2D eigenvalue weighted by Crippen LogP contribution is 2.19. The van der Waals surface area contributed by atoms with Crippen LogP contribution in [0.1, 0.15) is 31.0 Å². The highest BCUT2D eigenvalue weighted by Gasteiger charge is 2.11. The molecule has 8 nitrogen and oxygen atoms in total. The third kappa shape index (κ3) is 3.22. The number of aromatic amines is 1. The van der Waals surface area contributed by atoms with E-state index >= 15 is 0 Å². The molecule has 1 N–H and O–H groups in total. The van der Waals surface area contributed by atoms with Crippen molar-refractivity contribution in [2.75, 3.05) is 0 Å². The van der Waals surface area contributed by atoms with Gasteiger partial charge in [0.05, 0.1) is 5.69 Å². The molecular formula is C13H16N6O2S2. The van der Waals surface area contributed by atoms with E-state index in [0.29, 0.717) is 28.1 Å². The Balaban J connectivity index is 1.85. The number of aromatic nitrogens is 6. The molecule has 122 valence electrons. The van der Waals surface area contributed by atoms with Crippen LogP contribution in [0.5, 0.6) is 0 Å². The van der Waals surface area contributed by atoms with Gasteiger partial charge in [0.25, 0.3) is 5.56 Å². The quantitative estimate of drug-likeness (QED) is 0.672. The molecule has 0 saturated heterocycles. The molecule has 0 radical (unpaired) electrons. The lowest BCUT2D eigenvalue weighted by Gasteiger charge is -2.03. The summed E-state index contributed by atoms with van der Waals surface area (Å²) in [6.45, 7) is 4.60. The number of fused-ring (bicyclic) bond motifs is 1. The average molecular weight is 352 g/mol. The van der Waals surface area contributed by atoms with E-state index < -0.39 is 0 Å². The van der Waals surface area contributed by atoms with Gasteiger partial charge < -0.3 is 0 Å². The van der Waals surface area contributed by atoms with Crippen molar-refractivity contribution in [2.24, 2.45) is 0 Å². The molecule has 0 bridgehead atoms. The van der Waals surface area contributed by atoms with Crippen molar-refractivity contribution in [3.8, 4) is 0 Å². The Bertz CT molecular complexity index is 938. The fourth-order valence-corrected chi connectivity index (χ4v) is 3.81. The Kier molecular flexibility index (Phi) is 4.62. The average Bonchev–Trinajstić information content (AvgIpc) is 3.11. The van der Waals surface area contributed by atoms with Crippen molar-refractivity contribution in [3.05, 3.63) is 37.6 Å². The van der Waals surface area contributed by atoms with E-state index in [9.17, 15) is 9.59 Å². The summed E-state index contributed by atoms with van der Waals surface area (Å²) >= 11 is 2.80. The number of nitrogens with one attached hydrogen (secondary N) is 1. The van der Waals surface area contributed by atoms with Crippen molar-refractivity contribution >= 4 is 28.1 Å². The van der Waals surface area contributed by atoms with Crippen LogP contribution in [-0.4, -0.2) is 29.4 Å². The van der Waals surface area contributed by atoms with E-state index in [1.54, 1.807) is 4.57 Å². The van der Waals surface area contributed by atoms with Crippen LogP contribution in [-0.2, 0) is 18.7 Å². The van der Waals surface area contributed by atoms with Crippen LogP contribution >= 0.6 is 23.1 Å². The van der Waals surface area contributed by atoms with E-state index in [-0.39, 0.29) is 11.2 Å². The van der Waals surface area contributed by atoms with Gasteiger partial charge in [-0.25, -0.2) is 14.9 Å². The Labute approximate surface area is 139 Å². The van der Waals surface area contributed by atoms with Crippen molar-refractivity contribution < 1.29 is 0 Å². The summed E-state index contributed by atoms with van der Waals surface area (Å²) < 4.78 is 2.93. The molecule has 10 heteroatoms. The van der Waals surface area contributed by atoms with E-state index in [2.05, 4.69) is 20.3 Å². The van der Waals surface area contributed by atoms with Crippen molar-refractivity contribution in [1.29, 1.82) is 0 Å². The van der Waals surface area contributed by atoms with Gasteiger partial charge in [-0.1, -0.05) is 36.9 Å². The second-order valence-corrected chi connectivity index (χ2v) is 6.86. The van der Waals surface area contributed by atoms with Gasteiger partial charge in [0.1, 0.15) is 5.01 Å². The van der Waals surface area contributed by atoms with Gasteiger partial charge in [-0.15, -0.1) is 5.10 Å². The summed E-state index contributed by atoms with van der Waals surface area (Å²) in [7, 11) is 0. The Morgan fingerprint density at radius 1 is 1.35 bits per heavy atom. The van der Waals surface area contributed by atoms with Crippen LogP contribution in [0.25, 0.3) is 4.96 Å². The molecule has 0 unspecified atom stereocenters. The summed E-state index contributed by atoms with van der Waals surface area (Å²) in [6.07, 6.45) is 1.62. The Morgan fingerprint density at radius 3 is 2.91 bits per heavy atom. The first-order valence-electron chi connectivity index (χ1n) is 7.29. The van der Waals surface area contributed by atoms with Gasteiger partial charge in [-0.05, 0) is 12.8 Å². The van der Waals surface area contributed by atoms with Gasteiger partial charge in [0.15, 0.2) is 5.16 Å². The number of rotatable bonds is 6. The fraction of sp³-hybridized carbons (Fsp3) is 0.462. The van der Waals surface area contributed by atoms with Crippen LogP contribution in [0, 0.1) is 0 Å². The lowest BCUT2D eigenvalue weighted by Crippen LogP contribution is -2.17. The lowest BCUT2D eigenvalue weighted by molar-refractivity contribution is 0.603. The van der Waals surface area contributed by atoms with Crippen molar-refractivity contribution in [2.45, 2.75) is 44.1 Å². The highest BCUT2D eigenvalue weighted by molar-refractivity contribution is 7.98. The summed E-state index contributed by atoms with van der Waals surface area (Å²) in [4.78, 5) is 28.8. The standard InChI is InChI=1S/C13H16N6O2S2/c1-3-5-18-11(21)15-16-13(18)22-7-8-6-10(20)19-12(14-8)23-9(4-2)17-19/h6H,3-5,7H2,1-2H3,(H,15,21). The van der Waals surface area contributed by atoms with Crippen LogP contribution in [0.3, 0.4) is 0 Å². The minimum Gasteiger partial charge on any atom is -0.270 e. The molecule has 0 saturated carbocycles. The third-order valence-corrected chi connectivity index (χ3v) is 5.22. The van der Waals surface area contributed by atoms with E-state index in [0.717, 1.165) is 17.8 Å². The minimum atomic E-state index is -0.215. The first kappa shape index (κ1) is 15.9. The maximum atomic E-state index is 12.1. The normalized spacial score (nSPS) is 11.4. The summed E-state index contributed by atoms with van der Waals surface area (Å²) in [6, 6.07) is 1.48. The van der Waals surface area contributed by atoms with Gasteiger partial charge in [0, 0.05) is 18.4 Å². The summed E-state index contributed by atoms with van der Waals surface area (Å²) in [5.41, 5.74) is 0.257. The second-order valence-electron chi connectivity index (χ2n) is 4.88. The molecule has 23 heavy (non-hydrogen) atoms. The van der Waals surface area contributed by atoms with Crippen LogP contribution in [0.15, 0.2) is 20.8 Å². The fourth-order valence-electron chi connectivity index (χ4n) is 2.09. The molecule has 3 aromatic rings. The minimum absolute atomic E-state index is 0.186. The Hall–Kier alpha value is -1.94. The molecule has 0 atom stereocenters. The predicted molar refractivity (Wildman–Crippen MR) is 89.2 cm³/mol. The van der Waals surface area contributed by atoms with Gasteiger partial charge in [-0.2, -0.15) is 9.61 Å². The zero-order valence-electron chi connectivity index (χ0n) is 12.8. The molecule has 0 fully saturated rings. The topological polar surface area (TPSA) is 97.9 Å². The number of aryl methyl sites for hydroxylation is 1. The highest BCUT2D eigenvalue weighted by atomic mass is 32.2. The van der Waals surface area contributed by atoms with Crippen LogP contribution in [0.4, 0.5) is 0 Å². The first-order valence-corrected chi connectivity index (χ1v) is 9.09. The van der Waals surface area contributed by atoms with Gasteiger partial charge in [-0.3, -0.25) is 9.36 Å². The largest absolute Gasteiger partial charge is 0.343 e. The number of hydrogen-bond donors (Lipinski definition) is 1. The van der Waals surface area contributed by atoms with Gasteiger partial charge >= 0.3 is 5.69 Å². The second kappa shape index (κ2) is 6.67. The molecule has 0 aliphatic carbocycles. The Morgan fingerprint density at radius 2 is 2.17 bits per heavy atom. The number of hydrogen-bond acceptors (Lipinski definition) is 7. The van der Waals surface area contributed by atoms with E-state index in [1.807, 2.05) is 13.8 Å². The molecule has 0 amide bonds. The molecule has 0 aliphatic rings. The summed E-state index contributed by atoms with van der Waals surface area (Å²) in [5.74, 6) is 0.471. The molecule has 3 heterocycles. The van der Waals surface area contributed by atoms with Gasteiger partial charge in [0.2, 0.25) is 4.96 Å². The SMILES string of the molecule is CCCn1c(SCc2cc(=O)n3nc(CC)sc3n2)n[nH]c1=O. The molecule has 3 aromatic heterocycles.